The van der Waals surface area contributed by atoms with Crippen LogP contribution in [0.15, 0.2) is 24.7 Å². The summed E-state index contributed by atoms with van der Waals surface area (Å²) in [5, 5.41) is 0. The van der Waals surface area contributed by atoms with Gasteiger partial charge in [0, 0.05) is 6.92 Å². The minimum atomic E-state index is -0.446. The molecule has 1 fully saturated rings. The Morgan fingerprint density at radius 1 is 1.31 bits per heavy atom. The van der Waals surface area contributed by atoms with Gasteiger partial charge in [0.2, 0.25) is 0 Å². The van der Waals surface area contributed by atoms with Crippen LogP contribution in [0.3, 0.4) is 0 Å². The van der Waals surface area contributed by atoms with E-state index in [1.54, 1.807) is 12.5 Å². The van der Waals surface area contributed by atoms with E-state index < -0.39 is 5.79 Å². The fourth-order valence-electron chi connectivity index (χ4n) is 1.83. The molecule has 0 spiro atoms. The molecule has 0 atom stereocenters. The predicted octanol–water partition coefficient (Wildman–Crippen LogP) is 2.97. The summed E-state index contributed by atoms with van der Waals surface area (Å²) >= 11 is 0. The van der Waals surface area contributed by atoms with Crippen LogP contribution in [0.1, 0.15) is 33.1 Å². The summed E-state index contributed by atoms with van der Waals surface area (Å²) in [6, 6.07) is 0. The monoisotopic (exact) mass is 180 g/mol. The van der Waals surface area contributed by atoms with Gasteiger partial charge in [0.05, 0.1) is 5.41 Å². The highest BCUT2D eigenvalue weighted by Crippen LogP contribution is 2.58. The predicted molar refractivity (Wildman–Crippen MR) is 50.8 cm³/mol. The summed E-state index contributed by atoms with van der Waals surface area (Å²) in [7, 11) is 0. The average molecular weight is 180 g/mol. The third kappa shape index (κ3) is 1.25. The molecule has 2 nitrogen and oxygen atoms in total. The van der Waals surface area contributed by atoms with Crippen LogP contribution in [0.4, 0.5) is 0 Å². The molecule has 1 saturated carbocycles. The molecule has 0 aromatic heterocycles. The fourth-order valence-corrected chi connectivity index (χ4v) is 1.83. The molecule has 2 rings (SSSR count). The number of ether oxygens (including phenoxy) is 2. The minimum absolute atomic E-state index is 0.131. The minimum Gasteiger partial charge on any atom is -0.456 e. The van der Waals surface area contributed by atoms with E-state index in [0.717, 1.165) is 6.42 Å². The molecule has 13 heavy (non-hydrogen) atoms. The van der Waals surface area contributed by atoms with Gasteiger partial charge in [-0.15, -0.1) is 0 Å². The lowest BCUT2D eigenvalue weighted by atomic mass is 9.95. The molecule has 72 valence electrons. The highest BCUT2D eigenvalue weighted by molar-refractivity contribution is 5.17. The van der Waals surface area contributed by atoms with Crippen LogP contribution < -0.4 is 0 Å². The van der Waals surface area contributed by atoms with Gasteiger partial charge in [-0.1, -0.05) is 19.1 Å². The van der Waals surface area contributed by atoms with Crippen molar-refractivity contribution in [1.82, 2.24) is 0 Å². The summed E-state index contributed by atoms with van der Waals surface area (Å²) in [4.78, 5) is 0. The van der Waals surface area contributed by atoms with Gasteiger partial charge >= 0.3 is 0 Å². The standard InChI is InChI=1S/C11H16O2/c1-3-4-5-11(6-7-11)10(2)12-8-9-13-10/h4-5,8-9H,3,6-7H2,1-2H3. The molecule has 0 amide bonds. The van der Waals surface area contributed by atoms with Gasteiger partial charge in [0.15, 0.2) is 0 Å². The Kier molecular flexibility index (Phi) is 1.86. The quantitative estimate of drug-likeness (QED) is 0.622. The Bertz CT molecular complexity index is 241. The van der Waals surface area contributed by atoms with Crippen molar-refractivity contribution in [2.45, 2.75) is 38.9 Å². The summed E-state index contributed by atoms with van der Waals surface area (Å²) in [6.45, 7) is 4.16. The second kappa shape index (κ2) is 2.79. The van der Waals surface area contributed by atoms with Gasteiger partial charge in [-0.05, 0) is 19.3 Å². The summed E-state index contributed by atoms with van der Waals surface area (Å²) in [5.41, 5.74) is 0.131. The number of rotatable bonds is 3. The van der Waals surface area contributed by atoms with Crippen molar-refractivity contribution in [2.75, 3.05) is 0 Å². The van der Waals surface area contributed by atoms with Crippen molar-refractivity contribution in [3.63, 3.8) is 0 Å². The van der Waals surface area contributed by atoms with E-state index in [1.165, 1.54) is 12.8 Å². The maximum atomic E-state index is 5.51. The molecule has 0 aromatic carbocycles. The van der Waals surface area contributed by atoms with Crippen LogP contribution in [0, 0.1) is 5.41 Å². The topological polar surface area (TPSA) is 18.5 Å². The van der Waals surface area contributed by atoms with Gasteiger partial charge < -0.3 is 9.47 Å². The van der Waals surface area contributed by atoms with Crippen LogP contribution in [-0.4, -0.2) is 5.79 Å². The zero-order valence-corrected chi connectivity index (χ0v) is 8.25. The van der Waals surface area contributed by atoms with Crippen molar-refractivity contribution in [2.24, 2.45) is 5.41 Å². The zero-order valence-electron chi connectivity index (χ0n) is 8.25. The summed E-state index contributed by atoms with van der Waals surface area (Å²) in [6.07, 6.45) is 11.1. The first-order valence-electron chi connectivity index (χ1n) is 4.91. The molecule has 1 aliphatic carbocycles. The molecule has 0 aromatic rings. The first-order chi connectivity index (χ1) is 6.22. The van der Waals surface area contributed by atoms with Crippen molar-refractivity contribution < 1.29 is 9.47 Å². The van der Waals surface area contributed by atoms with E-state index in [-0.39, 0.29) is 5.41 Å². The third-order valence-corrected chi connectivity index (χ3v) is 3.01. The van der Waals surface area contributed by atoms with Crippen molar-refractivity contribution in [1.29, 1.82) is 0 Å². The lowest BCUT2D eigenvalue weighted by molar-refractivity contribution is -0.164. The van der Waals surface area contributed by atoms with Crippen molar-refractivity contribution in [3.05, 3.63) is 24.7 Å². The third-order valence-electron chi connectivity index (χ3n) is 3.01. The maximum absolute atomic E-state index is 5.51. The fraction of sp³-hybridized carbons (Fsp3) is 0.636. The summed E-state index contributed by atoms with van der Waals surface area (Å²) < 4.78 is 11.0. The average Bonchev–Trinajstić information content (AvgIpc) is 2.81. The smallest absolute Gasteiger partial charge is 0.255 e. The molecule has 0 N–H and O–H groups in total. The lowest BCUT2D eigenvalue weighted by Crippen LogP contribution is -2.36. The normalized spacial score (nSPS) is 27.2. The first kappa shape index (κ1) is 8.67. The maximum Gasteiger partial charge on any atom is 0.255 e. The van der Waals surface area contributed by atoms with Crippen molar-refractivity contribution >= 4 is 0 Å². The SMILES string of the molecule is CCC=CC1(C2(C)OC=CO2)CC1. The second-order valence-corrected chi connectivity index (χ2v) is 3.92. The molecule has 0 saturated heterocycles. The summed E-state index contributed by atoms with van der Waals surface area (Å²) in [5.74, 6) is -0.446. The van der Waals surface area contributed by atoms with E-state index >= 15 is 0 Å². The van der Waals surface area contributed by atoms with Gasteiger partial charge in [0.25, 0.3) is 5.79 Å². The van der Waals surface area contributed by atoms with E-state index in [0.29, 0.717) is 0 Å². The van der Waals surface area contributed by atoms with Crippen LogP contribution in [0.5, 0.6) is 0 Å². The first-order valence-corrected chi connectivity index (χ1v) is 4.91. The molecule has 1 heterocycles. The number of hydrogen-bond donors (Lipinski definition) is 0. The Hall–Kier alpha value is -0.920. The molecule has 0 unspecified atom stereocenters. The van der Waals surface area contributed by atoms with E-state index in [1.807, 2.05) is 6.92 Å². The Balaban J connectivity index is 2.10. The van der Waals surface area contributed by atoms with Gasteiger partial charge in [-0.3, -0.25) is 0 Å². The van der Waals surface area contributed by atoms with Crippen LogP contribution >= 0.6 is 0 Å². The van der Waals surface area contributed by atoms with E-state index in [9.17, 15) is 0 Å². The highest BCUT2D eigenvalue weighted by atomic mass is 16.7. The Labute approximate surface area is 79.2 Å². The molecule has 0 radical (unpaired) electrons. The lowest BCUT2D eigenvalue weighted by Gasteiger charge is -2.30. The molecule has 0 bridgehead atoms. The van der Waals surface area contributed by atoms with Gasteiger partial charge in [-0.25, -0.2) is 0 Å². The van der Waals surface area contributed by atoms with E-state index in [4.69, 9.17) is 9.47 Å². The largest absolute Gasteiger partial charge is 0.456 e. The molecular weight excluding hydrogens is 164 g/mol. The van der Waals surface area contributed by atoms with Crippen LogP contribution in [0.25, 0.3) is 0 Å². The highest BCUT2D eigenvalue weighted by Gasteiger charge is 2.59. The van der Waals surface area contributed by atoms with Gasteiger partial charge in [0.1, 0.15) is 12.5 Å². The number of hydrogen-bond acceptors (Lipinski definition) is 2. The van der Waals surface area contributed by atoms with Gasteiger partial charge in [-0.2, -0.15) is 0 Å². The Morgan fingerprint density at radius 2 is 1.92 bits per heavy atom. The number of allylic oxidation sites excluding steroid dienone is 1. The second-order valence-electron chi connectivity index (χ2n) is 3.92. The molecule has 1 aliphatic heterocycles. The molecule has 2 heteroatoms. The van der Waals surface area contributed by atoms with E-state index in [2.05, 4.69) is 19.1 Å². The molecule has 2 aliphatic rings. The zero-order chi connectivity index (χ0) is 9.36. The Morgan fingerprint density at radius 3 is 2.38 bits per heavy atom. The molecular formula is C11H16O2. The van der Waals surface area contributed by atoms with Crippen LogP contribution in [-0.2, 0) is 9.47 Å². The van der Waals surface area contributed by atoms with Crippen LogP contribution in [0.2, 0.25) is 0 Å². The van der Waals surface area contributed by atoms with Crippen molar-refractivity contribution in [3.8, 4) is 0 Å².